The molecule has 1 amide bonds. The maximum Gasteiger partial charge on any atom is 0.248 e. The second-order valence-electron chi connectivity index (χ2n) is 4.18. The molecule has 6 heteroatoms. The maximum absolute atomic E-state index is 11.2. The lowest BCUT2D eigenvalue weighted by molar-refractivity contribution is -0.111. The second kappa shape index (κ2) is 5.92. The minimum atomic E-state index is -0.302. The van der Waals surface area contributed by atoms with E-state index in [9.17, 15) is 4.79 Å². The van der Waals surface area contributed by atoms with Crippen LogP contribution < -0.4 is 10.6 Å². The number of rotatable bonds is 4. The monoisotopic (exact) mass is 269 g/mol. The summed E-state index contributed by atoms with van der Waals surface area (Å²) in [7, 11) is 0. The Kier molecular flexibility index (Phi) is 4.05. The van der Waals surface area contributed by atoms with Gasteiger partial charge in [-0.05, 0) is 32.1 Å². The quantitative estimate of drug-likeness (QED) is 0.833. The van der Waals surface area contributed by atoms with E-state index in [0.717, 1.165) is 5.56 Å². The molecule has 0 aromatic carbocycles. The number of aryl methyl sites for hydroxylation is 2. The number of aromatic nitrogens is 3. The van der Waals surface area contributed by atoms with Crippen molar-refractivity contribution >= 4 is 23.4 Å². The largest absolute Gasteiger partial charge is 0.325 e. The molecule has 2 aromatic heterocycles. The lowest BCUT2D eigenvalue weighted by Crippen LogP contribution is -2.09. The van der Waals surface area contributed by atoms with E-state index in [1.165, 1.54) is 6.08 Å². The highest BCUT2D eigenvalue weighted by Crippen LogP contribution is 2.17. The minimum Gasteiger partial charge on any atom is -0.325 e. The first-order chi connectivity index (χ1) is 9.58. The summed E-state index contributed by atoms with van der Waals surface area (Å²) in [6, 6.07) is 5.28. The lowest BCUT2D eigenvalue weighted by Gasteiger charge is -2.09. The van der Waals surface area contributed by atoms with Gasteiger partial charge in [0.05, 0.1) is 0 Å². The van der Waals surface area contributed by atoms with Crippen LogP contribution in [0.5, 0.6) is 0 Å². The summed E-state index contributed by atoms with van der Waals surface area (Å²) in [5.74, 6) is 2.10. The first-order valence-corrected chi connectivity index (χ1v) is 6.06. The highest BCUT2D eigenvalue weighted by atomic mass is 16.1. The standard InChI is InChI=1S/C14H15N5O/c1-4-13(20)18-11-6-5-7-12(17-11)19-14-9(2)8-15-10(3)16-14/h4-8H,1H2,2-3H3,(H2,15,16,17,18,19,20). The van der Waals surface area contributed by atoms with E-state index in [1.54, 1.807) is 24.4 Å². The zero-order valence-corrected chi connectivity index (χ0v) is 11.3. The van der Waals surface area contributed by atoms with Crippen LogP contribution in [0.1, 0.15) is 11.4 Å². The molecule has 0 aliphatic carbocycles. The zero-order valence-electron chi connectivity index (χ0n) is 11.3. The van der Waals surface area contributed by atoms with Gasteiger partial charge in [-0.3, -0.25) is 4.79 Å². The van der Waals surface area contributed by atoms with Crippen LogP contribution in [-0.4, -0.2) is 20.9 Å². The van der Waals surface area contributed by atoms with Crippen molar-refractivity contribution in [2.75, 3.05) is 10.6 Å². The van der Waals surface area contributed by atoms with Crippen molar-refractivity contribution in [1.29, 1.82) is 0 Å². The smallest absolute Gasteiger partial charge is 0.248 e. The van der Waals surface area contributed by atoms with Gasteiger partial charge in [0.2, 0.25) is 5.91 Å². The summed E-state index contributed by atoms with van der Waals surface area (Å²) in [5, 5.41) is 5.71. The van der Waals surface area contributed by atoms with E-state index in [4.69, 9.17) is 0 Å². The molecule has 0 radical (unpaired) electrons. The number of pyridine rings is 1. The Morgan fingerprint density at radius 1 is 1.25 bits per heavy atom. The summed E-state index contributed by atoms with van der Waals surface area (Å²) in [6.07, 6.45) is 2.94. The van der Waals surface area contributed by atoms with Gasteiger partial charge < -0.3 is 10.6 Å². The van der Waals surface area contributed by atoms with Crippen LogP contribution in [0.2, 0.25) is 0 Å². The van der Waals surface area contributed by atoms with E-state index < -0.39 is 0 Å². The number of nitrogens with one attached hydrogen (secondary N) is 2. The lowest BCUT2D eigenvalue weighted by atomic mass is 10.3. The van der Waals surface area contributed by atoms with Crippen molar-refractivity contribution in [3.8, 4) is 0 Å². The normalized spacial score (nSPS) is 9.90. The molecule has 0 atom stereocenters. The average molecular weight is 269 g/mol. The maximum atomic E-state index is 11.2. The summed E-state index contributed by atoms with van der Waals surface area (Å²) in [5.41, 5.74) is 0.915. The van der Waals surface area contributed by atoms with Crippen molar-refractivity contribution in [2.45, 2.75) is 13.8 Å². The molecule has 2 N–H and O–H groups in total. The first-order valence-electron chi connectivity index (χ1n) is 6.06. The van der Waals surface area contributed by atoms with E-state index in [-0.39, 0.29) is 5.91 Å². The Hall–Kier alpha value is -2.76. The Balaban J connectivity index is 2.21. The number of nitrogens with zero attached hydrogens (tertiary/aromatic N) is 3. The summed E-state index contributed by atoms with van der Waals surface area (Å²) >= 11 is 0. The van der Waals surface area contributed by atoms with Crippen LogP contribution in [0.25, 0.3) is 0 Å². The minimum absolute atomic E-state index is 0.302. The molecule has 0 unspecified atom stereocenters. The Labute approximate surface area is 117 Å². The van der Waals surface area contributed by atoms with Crippen molar-refractivity contribution in [2.24, 2.45) is 0 Å². The molecule has 102 valence electrons. The zero-order chi connectivity index (χ0) is 14.5. The summed E-state index contributed by atoms with van der Waals surface area (Å²) in [6.45, 7) is 7.12. The predicted molar refractivity (Wildman–Crippen MR) is 77.9 cm³/mol. The molecule has 0 spiro atoms. The van der Waals surface area contributed by atoms with Crippen molar-refractivity contribution < 1.29 is 4.79 Å². The van der Waals surface area contributed by atoms with Crippen LogP contribution in [0.3, 0.4) is 0 Å². The summed E-state index contributed by atoms with van der Waals surface area (Å²) in [4.78, 5) is 23.9. The molecular formula is C14H15N5O. The Morgan fingerprint density at radius 3 is 2.75 bits per heavy atom. The highest BCUT2D eigenvalue weighted by Gasteiger charge is 2.04. The SMILES string of the molecule is C=CC(=O)Nc1cccc(Nc2nc(C)ncc2C)n1. The van der Waals surface area contributed by atoms with Gasteiger partial charge >= 0.3 is 0 Å². The van der Waals surface area contributed by atoms with Crippen LogP contribution in [0.4, 0.5) is 17.5 Å². The number of hydrogen-bond acceptors (Lipinski definition) is 5. The van der Waals surface area contributed by atoms with E-state index in [0.29, 0.717) is 23.3 Å². The third-order valence-electron chi connectivity index (χ3n) is 2.52. The van der Waals surface area contributed by atoms with E-state index >= 15 is 0 Å². The third kappa shape index (κ3) is 3.38. The van der Waals surface area contributed by atoms with Gasteiger partial charge in [0.25, 0.3) is 0 Å². The molecule has 0 saturated carbocycles. The molecule has 0 aliphatic rings. The molecule has 6 nitrogen and oxygen atoms in total. The van der Waals surface area contributed by atoms with Crippen molar-refractivity contribution in [1.82, 2.24) is 15.0 Å². The fraction of sp³-hybridized carbons (Fsp3) is 0.143. The third-order valence-corrected chi connectivity index (χ3v) is 2.52. The van der Waals surface area contributed by atoms with Gasteiger partial charge in [0.15, 0.2) is 0 Å². The predicted octanol–water partition coefficient (Wildman–Crippen LogP) is 2.36. The van der Waals surface area contributed by atoms with Crippen LogP contribution in [0.15, 0.2) is 37.1 Å². The number of hydrogen-bond donors (Lipinski definition) is 2. The highest BCUT2D eigenvalue weighted by molar-refractivity contribution is 5.98. The molecule has 2 heterocycles. The van der Waals surface area contributed by atoms with Gasteiger partial charge in [-0.1, -0.05) is 12.6 Å². The molecule has 0 bridgehead atoms. The average Bonchev–Trinajstić information content (AvgIpc) is 2.43. The van der Waals surface area contributed by atoms with Gasteiger partial charge in [-0.25, -0.2) is 15.0 Å². The van der Waals surface area contributed by atoms with Gasteiger partial charge in [-0.15, -0.1) is 0 Å². The number of carbonyl (C=O) groups excluding carboxylic acids is 1. The topological polar surface area (TPSA) is 79.8 Å². The van der Waals surface area contributed by atoms with Gasteiger partial charge in [0, 0.05) is 11.8 Å². The molecular weight excluding hydrogens is 254 g/mol. The molecule has 0 aliphatic heterocycles. The number of amides is 1. The first kappa shape index (κ1) is 13.7. The fourth-order valence-electron chi connectivity index (χ4n) is 1.53. The Bertz CT molecular complexity index is 654. The van der Waals surface area contributed by atoms with E-state index in [2.05, 4.69) is 32.2 Å². The molecule has 0 saturated heterocycles. The van der Waals surface area contributed by atoms with E-state index in [1.807, 2.05) is 13.8 Å². The van der Waals surface area contributed by atoms with Crippen molar-refractivity contribution in [3.63, 3.8) is 0 Å². The fourth-order valence-corrected chi connectivity index (χ4v) is 1.53. The molecule has 20 heavy (non-hydrogen) atoms. The molecule has 0 fully saturated rings. The molecule has 2 aromatic rings. The van der Waals surface area contributed by atoms with Crippen LogP contribution >= 0.6 is 0 Å². The second-order valence-corrected chi connectivity index (χ2v) is 4.18. The summed E-state index contributed by atoms with van der Waals surface area (Å²) < 4.78 is 0. The van der Waals surface area contributed by atoms with Crippen LogP contribution in [0, 0.1) is 13.8 Å². The Morgan fingerprint density at radius 2 is 2.00 bits per heavy atom. The number of anilines is 3. The molecule has 2 rings (SSSR count). The van der Waals surface area contributed by atoms with Gasteiger partial charge in [-0.2, -0.15) is 0 Å². The van der Waals surface area contributed by atoms with Crippen LogP contribution in [-0.2, 0) is 4.79 Å². The van der Waals surface area contributed by atoms with Crippen molar-refractivity contribution in [3.05, 3.63) is 48.4 Å². The van der Waals surface area contributed by atoms with Gasteiger partial charge in [0.1, 0.15) is 23.3 Å². The number of carbonyl (C=O) groups is 1.